The summed E-state index contributed by atoms with van der Waals surface area (Å²) in [5, 5.41) is 19.3. The van der Waals surface area contributed by atoms with Gasteiger partial charge in [-0.3, -0.25) is 19.3 Å². The van der Waals surface area contributed by atoms with Gasteiger partial charge in [-0.15, -0.1) is 11.3 Å². The predicted molar refractivity (Wildman–Crippen MR) is 315 cm³/mol. The van der Waals surface area contributed by atoms with Crippen molar-refractivity contribution in [3.8, 4) is 22.9 Å². The lowest BCUT2D eigenvalue weighted by Gasteiger charge is -2.33. The summed E-state index contributed by atoms with van der Waals surface area (Å²) in [6, 6.07) is 8.76. The molecule has 18 nitrogen and oxygen atoms in total. The van der Waals surface area contributed by atoms with E-state index in [1.165, 1.54) is 32.6 Å². The zero-order valence-corrected chi connectivity index (χ0v) is 50.7. The highest BCUT2D eigenvalue weighted by molar-refractivity contribution is 7.14. The summed E-state index contributed by atoms with van der Waals surface area (Å²) in [5.41, 5.74) is 2.65. The van der Waals surface area contributed by atoms with Crippen LogP contribution in [0.2, 0.25) is 0 Å². The molecule has 0 spiro atoms. The van der Waals surface area contributed by atoms with E-state index in [1.54, 1.807) is 25.6 Å². The van der Waals surface area contributed by atoms with Crippen LogP contribution in [0.4, 0.5) is 5.13 Å². The van der Waals surface area contributed by atoms with Gasteiger partial charge in [-0.25, -0.2) is 9.97 Å². The normalized spacial score (nSPS) is 13.3. The van der Waals surface area contributed by atoms with E-state index in [9.17, 15) is 14.4 Å². The molecular formula is C57H102N8O10S. The van der Waals surface area contributed by atoms with Crippen LogP contribution in [0.5, 0.6) is 11.5 Å². The minimum Gasteiger partial charge on any atom is -0.497 e. The first-order valence-electron chi connectivity index (χ1n) is 26.4. The second-order valence-corrected chi connectivity index (χ2v) is 19.9. The lowest BCUT2D eigenvalue weighted by molar-refractivity contribution is -0.125. The Balaban J connectivity index is -0.000000450. The molecule has 3 heterocycles. The predicted octanol–water partition coefficient (Wildman–Crippen LogP) is 9.55. The number of nitrogens with zero attached hydrogens (tertiary/aromatic N) is 5. The number of benzene rings is 1. The summed E-state index contributed by atoms with van der Waals surface area (Å²) in [6.45, 7) is 32.2. The molecule has 0 saturated carbocycles. The van der Waals surface area contributed by atoms with Crippen LogP contribution in [0.3, 0.4) is 0 Å². The number of aldehydes is 2. The molecule has 0 radical (unpaired) electrons. The number of carboxylic acid groups (broad SMARTS) is 1. The average Bonchev–Trinajstić information content (AvgIpc) is 4.06. The highest BCUT2D eigenvalue weighted by Crippen LogP contribution is 2.33. The molecule has 0 aliphatic carbocycles. The molecule has 2 amide bonds. The minimum absolute atomic E-state index is 0.0979. The molecule has 3 aromatic rings. The number of carbonyl (C=O) groups is 6. The SMILES string of the molecule is C=O.CC.CC=O.CCCCC/C=C\C(C)CNC(=O)[C@@H]1CCCN1C.CO[C@H](CN(C)CCCN(C)C(C)C)C(C)(C)C.COc1ccc2c(OC)cc(-c3csc(NC(C)C)n3)nc2c1.O=CCNC=O.O=CO. The molecule has 4 rings (SSSR count). The molecule has 76 heavy (non-hydrogen) atoms. The Morgan fingerprint density at radius 1 is 0.961 bits per heavy atom. The van der Waals surface area contributed by atoms with Crippen LogP contribution in [0, 0.1) is 11.3 Å². The van der Waals surface area contributed by atoms with Crippen molar-refractivity contribution in [3.63, 3.8) is 0 Å². The van der Waals surface area contributed by atoms with Gasteiger partial charge in [0.05, 0.1) is 44.1 Å². The largest absolute Gasteiger partial charge is 0.497 e. The van der Waals surface area contributed by atoms with E-state index in [2.05, 4.69) is 124 Å². The smallest absolute Gasteiger partial charge is 0.290 e. The van der Waals surface area contributed by atoms with Crippen molar-refractivity contribution in [2.24, 2.45) is 11.3 Å². The first kappa shape index (κ1) is 77.2. The van der Waals surface area contributed by atoms with E-state index < -0.39 is 0 Å². The topological polar surface area (TPSA) is 222 Å². The van der Waals surface area contributed by atoms with Crippen molar-refractivity contribution in [2.75, 3.05) is 87.1 Å². The van der Waals surface area contributed by atoms with Crippen molar-refractivity contribution in [1.82, 2.24) is 35.3 Å². The third-order valence-electron chi connectivity index (χ3n) is 11.2. The van der Waals surface area contributed by atoms with Gasteiger partial charge in [0.2, 0.25) is 12.3 Å². The number of pyridine rings is 1. The summed E-state index contributed by atoms with van der Waals surface area (Å²) in [5.74, 6) is 2.17. The Hall–Kier alpha value is -5.34. The lowest BCUT2D eigenvalue weighted by Crippen LogP contribution is -2.42. The molecule has 3 atom stereocenters. The third kappa shape index (κ3) is 37.4. The zero-order valence-electron chi connectivity index (χ0n) is 49.9. The van der Waals surface area contributed by atoms with Crippen molar-refractivity contribution in [3.05, 3.63) is 41.8 Å². The van der Waals surface area contributed by atoms with Crippen LogP contribution in [0.15, 0.2) is 41.8 Å². The molecule has 1 unspecified atom stereocenters. The number of methoxy groups -OCH3 is 3. The van der Waals surface area contributed by atoms with Gasteiger partial charge >= 0.3 is 0 Å². The summed E-state index contributed by atoms with van der Waals surface area (Å²) in [6.07, 6.45) is 15.0. The molecule has 19 heteroatoms. The van der Waals surface area contributed by atoms with Crippen LogP contribution >= 0.6 is 11.3 Å². The van der Waals surface area contributed by atoms with Crippen molar-refractivity contribution in [2.45, 2.75) is 152 Å². The number of unbranched alkanes of at least 4 members (excludes halogenated alkanes) is 3. The van der Waals surface area contributed by atoms with Gasteiger partial charge in [0.1, 0.15) is 36.6 Å². The third-order valence-corrected chi connectivity index (χ3v) is 12.0. The maximum absolute atomic E-state index is 12.0. The van der Waals surface area contributed by atoms with Gasteiger partial charge in [-0.1, -0.05) is 73.5 Å². The van der Waals surface area contributed by atoms with E-state index in [4.69, 9.17) is 38.7 Å². The molecule has 1 saturated heterocycles. The molecule has 4 N–H and O–H groups in total. The number of allylic oxidation sites excluding steroid dienone is 1. The molecule has 1 aliphatic heterocycles. The summed E-state index contributed by atoms with van der Waals surface area (Å²) < 4.78 is 16.4. The van der Waals surface area contributed by atoms with Gasteiger partial charge < -0.3 is 59.5 Å². The Morgan fingerprint density at radius 3 is 2.07 bits per heavy atom. The fourth-order valence-corrected chi connectivity index (χ4v) is 7.71. The zero-order chi connectivity index (χ0) is 59.1. The number of aromatic nitrogens is 2. The molecule has 1 fully saturated rings. The number of amides is 2. The van der Waals surface area contributed by atoms with E-state index in [0.717, 1.165) is 97.2 Å². The second-order valence-electron chi connectivity index (χ2n) is 19.0. The standard InChI is InChI=1S/C17H19N3O2S.C16H30N2O.C15H34N2O.C3H5NO2.C2H4O.C2H6.CH2O2.CH2O/c1-10(2)18-17-20-15(9-23-17)14-8-16(22-4)12-6-5-11(21-3)7-13(12)19-14;1-4-5-6-7-8-10-14(2)13-17-16(19)15-11-9-12-18(15)3;1-13(2)17(7)11-9-10-16(6)12-14(18-8)15(3,4)5;5-2-1-4-3-6;1-2-3;1-2;2-1-3;1-2/h5-10H,1-4H3,(H,18,20);8,10,14-15H,4-7,9,11-13H2,1-3H3,(H,17,19);13-14H,9-12H2,1-8H3;2-3H,1H2,(H,4,6);2H,1H3;1-2H3;1H,(H,2,3);1H2/b;10-8-;;;;;;/t;14?,15-;14-;;;;;/m.01...../s1. The molecular weight excluding hydrogens is 989 g/mol. The van der Waals surface area contributed by atoms with E-state index in [0.29, 0.717) is 36.8 Å². The first-order valence-corrected chi connectivity index (χ1v) is 27.2. The Morgan fingerprint density at radius 2 is 1.59 bits per heavy atom. The number of hydrogen-bond donors (Lipinski definition) is 4. The second kappa shape index (κ2) is 49.2. The summed E-state index contributed by atoms with van der Waals surface area (Å²) in [4.78, 5) is 72.0. The quantitative estimate of drug-likeness (QED) is 0.0372. The van der Waals surface area contributed by atoms with Crippen molar-refractivity contribution in [1.29, 1.82) is 0 Å². The van der Waals surface area contributed by atoms with Gasteiger partial charge in [0.25, 0.3) is 6.47 Å². The molecule has 436 valence electrons. The number of hydrogen-bond acceptors (Lipinski definition) is 16. The minimum atomic E-state index is -0.250. The van der Waals surface area contributed by atoms with Crippen LogP contribution in [0.25, 0.3) is 22.3 Å². The van der Waals surface area contributed by atoms with Crippen molar-refractivity contribution >= 4 is 65.5 Å². The summed E-state index contributed by atoms with van der Waals surface area (Å²) >= 11 is 1.57. The Labute approximate surface area is 462 Å². The fourth-order valence-electron chi connectivity index (χ4n) is 6.86. The number of likely N-dealkylation sites (N-methyl/N-ethyl adjacent to an activating group) is 2. The number of fused-ring (bicyclic) bond motifs is 1. The number of carbonyl (C=O) groups excluding carboxylic acids is 5. The van der Waals surface area contributed by atoms with Gasteiger partial charge in [-0.2, -0.15) is 0 Å². The van der Waals surface area contributed by atoms with E-state index in [1.807, 2.05) is 64.4 Å². The lowest BCUT2D eigenvalue weighted by atomic mass is 9.88. The van der Waals surface area contributed by atoms with Crippen LogP contribution in [-0.4, -0.2) is 174 Å². The van der Waals surface area contributed by atoms with Crippen LogP contribution < -0.4 is 25.4 Å². The number of likely N-dealkylation sites (tertiary alicyclic amines) is 1. The van der Waals surface area contributed by atoms with Gasteiger partial charge in [0, 0.05) is 55.2 Å². The number of thiazole rings is 1. The fraction of sp³-hybridized carbons (Fsp3) is 0.649. The number of ether oxygens (including phenoxy) is 3. The summed E-state index contributed by atoms with van der Waals surface area (Å²) in [7, 11) is 11.5. The maximum Gasteiger partial charge on any atom is 0.290 e. The van der Waals surface area contributed by atoms with Gasteiger partial charge in [0.15, 0.2) is 5.13 Å². The number of rotatable bonds is 24. The highest BCUT2D eigenvalue weighted by atomic mass is 32.1. The van der Waals surface area contributed by atoms with Crippen molar-refractivity contribution < 1.29 is 48.1 Å². The molecule has 1 aliphatic rings. The highest BCUT2D eigenvalue weighted by Gasteiger charge is 2.28. The molecule has 0 bridgehead atoms. The van der Waals surface area contributed by atoms with E-state index >= 15 is 0 Å². The first-order chi connectivity index (χ1) is 36.2. The van der Waals surface area contributed by atoms with Crippen LogP contribution in [-0.2, 0) is 33.5 Å². The Bertz CT molecular complexity index is 1930. The monoisotopic (exact) mass is 1090 g/mol. The average molecular weight is 1090 g/mol. The Kier molecular flexibility index (Phi) is 50.0. The van der Waals surface area contributed by atoms with Gasteiger partial charge in [-0.05, 0) is 131 Å². The number of nitrogens with one attached hydrogen (secondary N) is 3. The molecule has 2 aromatic heterocycles. The maximum atomic E-state index is 12.0. The molecule has 1 aromatic carbocycles. The van der Waals surface area contributed by atoms with E-state index in [-0.39, 0.29) is 30.4 Å². The number of anilines is 1. The van der Waals surface area contributed by atoms with Crippen LogP contribution in [0.1, 0.15) is 128 Å².